The van der Waals surface area contributed by atoms with Crippen LogP contribution in [0.3, 0.4) is 0 Å². The summed E-state index contributed by atoms with van der Waals surface area (Å²) in [6.07, 6.45) is -0.118. The predicted octanol–water partition coefficient (Wildman–Crippen LogP) is 1.63. The molecule has 0 spiro atoms. The Balaban J connectivity index is 0.00000288. The molecule has 1 heterocycles. The molecule has 2 rings (SSSR count). The van der Waals surface area contributed by atoms with Gasteiger partial charge in [-0.1, -0.05) is 18.2 Å². The molecule has 1 aromatic rings. The minimum Gasteiger partial charge on any atom is -0.496 e. The van der Waals surface area contributed by atoms with Gasteiger partial charge in [0.1, 0.15) is 11.8 Å². The Labute approximate surface area is 162 Å². The molecule has 2 N–H and O–H groups in total. The largest absolute Gasteiger partial charge is 0.496 e. The first-order chi connectivity index (χ1) is 11.0. The van der Waals surface area contributed by atoms with Crippen LogP contribution < -0.4 is 15.4 Å². The maximum Gasteiger partial charge on any atom is 0.239 e. The molecule has 0 aliphatic carbocycles. The Morgan fingerprint density at radius 3 is 2.68 bits per heavy atom. The van der Waals surface area contributed by atoms with Gasteiger partial charge in [-0.3, -0.25) is 4.79 Å². The Bertz CT molecular complexity index is 532. The number of likely N-dealkylation sites (N-methyl/N-ethyl adjacent to an activating group) is 1. The van der Waals surface area contributed by atoms with Gasteiger partial charge >= 0.3 is 0 Å². The number of carbonyl (C=O) groups excluding carboxylic acids is 1. The molecule has 25 heavy (non-hydrogen) atoms. The van der Waals surface area contributed by atoms with Gasteiger partial charge in [-0.2, -0.15) is 0 Å². The van der Waals surface area contributed by atoms with Crippen molar-refractivity contribution in [2.24, 2.45) is 0 Å². The standard InChI is InChI=1S/C17H27N3O3.2ClH/c1-12-16(18-9-10-23-12)17(21)19-11-14(20(2)3)13-7-5-6-8-15(13)22-4;;/h5-8,12,14,16,18H,9-11H2,1-4H3,(H,19,21);2*1H/t12-,14?,16+;;/m1../s1. The molecule has 6 nitrogen and oxygen atoms in total. The molecular weight excluding hydrogens is 365 g/mol. The molecule has 8 heteroatoms. The van der Waals surface area contributed by atoms with Crippen molar-refractivity contribution in [2.45, 2.75) is 25.1 Å². The number of hydrogen-bond acceptors (Lipinski definition) is 5. The van der Waals surface area contributed by atoms with Crippen molar-refractivity contribution in [2.75, 3.05) is 40.9 Å². The third-order valence-corrected chi connectivity index (χ3v) is 4.19. The Morgan fingerprint density at radius 1 is 1.40 bits per heavy atom. The molecule has 1 aromatic carbocycles. The smallest absolute Gasteiger partial charge is 0.239 e. The van der Waals surface area contributed by atoms with Crippen LogP contribution in [0.4, 0.5) is 0 Å². The number of para-hydroxylation sites is 1. The topological polar surface area (TPSA) is 62.8 Å². The van der Waals surface area contributed by atoms with E-state index >= 15 is 0 Å². The SMILES string of the molecule is COc1ccccc1C(CNC(=O)[C@H]1NCCO[C@@H]1C)N(C)C.Cl.Cl. The lowest BCUT2D eigenvalue weighted by Gasteiger charge is -2.31. The van der Waals surface area contributed by atoms with E-state index in [-0.39, 0.29) is 48.9 Å². The molecule has 0 radical (unpaired) electrons. The quantitative estimate of drug-likeness (QED) is 0.768. The minimum absolute atomic E-state index is 0. The summed E-state index contributed by atoms with van der Waals surface area (Å²) in [6.45, 7) is 3.77. The third kappa shape index (κ3) is 6.31. The summed E-state index contributed by atoms with van der Waals surface area (Å²) < 4.78 is 11.0. The summed E-state index contributed by atoms with van der Waals surface area (Å²) in [6, 6.07) is 7.62. The number of hydrogen-bond donors (Lipinski definition) is 2. The Kier molecular flexibility index (Phi) is 11.1. The van der Waals surface area contributed by atoms with E-state index < -0.39 is 0 Å². The minimum atomic E-state index is -0.302. The van der Waals surface area contributed by atoms with Crippen molar-refractivity contribution >= 4 is 30.7 Å². The molecule has 0 saturated carbocycles. The summed E-state index contributed by atoms with van der Waals surface area (Å²) in [5, 5.41) is 6.24. The number of amides is 1. The zero-order valence-electron chi connectivity index (χ0n) is 15.2. The molecule has 1 amide bonds. The predicted molar refractivity (Wildman–Crippen MR) is 104 cm³/mol. The van der Waals surface area contributed by atoms with Gasteiger partial charge < -0.3 is 25.0 Å². The van der Waals surface area contributed by atoms with Gasteiger partial charge in [0, 0.05) is 18.7 Å². The molecule has 144 valence electrons. The van der Waals surface area contributed by atoms with Crippen LogP contribution in [-0.4, -0.2) is 63.9 Å². The highest BCUT2D eigenvalue weighted by molar-refractivity contribution is 5.85. The van der Waals surface area contributed by atoms with Crippen molar-refractivity contribution in [3.05, 3.63) is 29.8 Å². The molecule has 3 atom stereocenters. The molecule has 0 aromatic heterocycles. The molecule has 1 aliphatic rings. The lowest BCUT2D eigenvalue weighted by Crippen LogP contribution is -2.56. The highest BCUT2D eigenvalue weighted by atomic mass is 35.5. The first-order valence-corrected chi connectivity index (χ1v) is 7.96. The van der Waals surface area contributed by atoms with Crippen LogP contribution in [-0.2, 0) is 9.53 Å². The van der Waals surface area contributed by atoms with E-state index in [2.05, 4.69) is 15.5 Å². The van der Waals surface area contributed by atoms with E-state index in [1.165, 1.54) is 0 Å². The number of halogens is 2. The van der Waals surface area contributed by atoms with Gasteiger partial charge in [0.15, 0.2) is 0 Å². The highest BCUT2D eigenvalue weighted by Gasteiger charge is 2.29. The lowest BCUT2D eigenvalue weighted by atomic mass is 10.0. The number of morpholine rings is 1. The van der Waals surface area contributed by atoms with Crippen LogP contribution in [0.2, 0.25) is 0 Å². The number of carbonyl (C=O) groups is 1. The van der Waals surface area contributed by atoms with Crippen LogP contribution in [0.25, 0.3) is 0 Å². The van der Waals surface area contributed by atoms with Crippen molar-refractivity contribution in [3.8, 4) is 5.75 Å². The molecule has 0 bridgehead atoms. The maximum atomic E-state index is 12.4. The number of methoxy groups -OCH3 is 1. The normalized spacial score (nSPS) is 20.8. The number of nitrogens with one attached hydrogen (secondary N) is 2. The summed E-state index contributed by atoms with van der Waals surface area (Å²) in [7, 11) is 5.65. The molecular formula is C17H29Cl2N3O3. The van der Waals surface area contributed by atoms with E-state index in [0.29, 0.717) is 19.7 Å². The van der Waals surface area contributed by atoms with Crippen LogP contribution >= 0.6 is 24.8 Å². The fourth-order valence-electron chi connectivity index (χ4n) is 2.85. The number of benzene rings is 1. The highest BCUT2D eigenvalue weighted by Crippen LogP contribution is 2.27. The van der Waals surface area contributed by atoms with Crippen LogP contribution in [0.5, 0.6) is 5.75 Å². The van der Waals surface area contributed by atoms with Gasteiger partial charge in [0.25, 0.3) is 0 Å². The molecule has 1 aliphatic heterocycles. The fraction of sp³-hybridized carbons (Fsp3) is 0.588. The third-order valence-electron chi connectivity index (χ3n) is 4.19. The van der Waals surface area contributed by atoms with E-state index in [9.17, 15) is 4.79 Å². The second-order valence-corrected chi connectivity index (χ2v) is 5.97. The number of rotatable bonds is 6. The van der Waals surface area contributed by atoms with Crippen molar-refractivity contribution < 1.29 is 14.3 Å². The van der Waals surface area contributed by atoms with Gasteiger partial charge in [-0.25, -0.2) is 0 Å². The summed E-state index contributed by atoms with van der Waals surface area (Å²) in [4.78, 5) is 14.5. The second-order valence-electron chi connectivity index (χ2n) is 5.97. The van der Waals surface area contributed by atoms with E-state index in [4.69, 9.17) is 9.47 Å². The van der Waals surface area contributed by atoms with Gasteiger partial charge in [-0.15, -0.1) is 24.8 Å². The van der Waals surface area contributed by atoms with Crippen molar-refractivity contribution in [1.82, 2.24) is 15.5 Å². The summed E-state index contributed by atoms with van der Waals surface area (Å²) in [5.74, 6) is 0.798. The second kappa shape index (κ2) is 11.5. The molecule has 1 unspecified atom stereocenters. The number of nitrogens with zero attached hydrogens (tertiary/aromatic N) is 1. The monoisotopic (exact) mass is 393 g/mol. The van der Waals surface area contributed by atoms with Crippen LogP contribution in [0.15, 0.2) is 24.3 Å². The van der Waals surface area contributed by atoms with Crippen LogP contribution in [0.1, 0.15) is 18.5 Å². The first-order valence-electron chi connectivity index (χ1n) is 7.96. The van der Waals surface area contributed by atoms with Gasteiger partial charge in [0.2, 0.25) is 5.91 Å². The van der Waals surface area contributed by atoms with E-state index in [1.54, 1.807) is 7.11 Å². The zero-order chi connectivity index (χ0) is 16.8. The average molecular weight is 394 g/mol. The zero-order valence-corrected chi connectivity index (χ0v) is 16.8. The van der Waals surface area contributed by atoms with Gasteiger partial charge in [-0.05, 0) is 27.1 Å². The fourth-order valence-corrected chi connectivity index (χ4v) is 2.85. The Morgan fingerprint density at radius 2 is 2.08 bits per heavy atom. The van der Waals surface area contributed by atoms with Crippen molar-refractivity contribution in [1.29, 1.82) is 0 Å². The lowest BCUT2D eigenvalue weighted by molar-refractivity contribution is -0.129. The summed E-state index contributed by atoms with van der Waals surface area (Å²) in [5.41, 5.74) is 1.06. The Hall–Kier alpha value is -1.05. The van der Waals surface area contributed by atoms with Crippen molar-refractivity contribution in [3.63, 3.8) is 0 Å². The van der Waals surface area contributed by atoms with E-state index in [1.807, 2.05) is 45.3 Å². The summed E-state index contributed by atoms with van der Waals surface area (Å²) >= 11 is 0. The molecule has 1 saturated heterocycles. The van der Waals surface area contributed by atoms with Gasteiger partial charge in [0.05, 0.1) is 25.9 Å². The first kappa shape index (κ1) is 23.9. The average Bonchev–Trinajstić information content (AvgIpc) is 2.55. The molecule has 1 fully saturated rings. The maximum absolute atomic E-state index is 12.4. The van der Waals surface area contributed by atoms with Crippen LogP contribution in [0, 0.1) is 0 Å². The van der Waals surface area contributed by atoms with E-state index in [0.717, 1.165) is 11.3 Å². The number of ether oxygens (including phenoxy) is 2.